The van der Waals surface area contributed by atoms with E-state index in [-0.39, 0.29) is 23.8 Å². The van der Waals surface area contributed by atoms with Crippen molar-refractivity contribution in [1.82, 2.24) is 0 Å². The van der Waals surface area contributed by atoms with Gasteiger partial charge >= 0.3 is 0 Å². The lowest BCUT2D eigenvalue weighted by Crippen LogP contribution is -2.14. The Morgan fingerprint density at radius 1 is 1.04 bits per heavy atom. The minimum Gasteiger partial charge on any atom is -0.396 e. The van der Waals surface area contributed by atoms with E-state index in [0.717, 1.165) is 16.7 Å². The number of hydrogen-bond donors (Lipinski definition) is 1. The molecule has 0 fully saturated rings. The number of hydrogen-bond acceptors (Lipinski definition) is 4. The predicted molar refractivity (Wildman–Crippen MR) is 99.6 cm³/mol. The van der Waals surface area contributed by atoms with E-state index in [1.54, 1.807) is 19.1 Å². The number of ketones is 1. The van der Waals surface area contributed by atoms with Crippen LogP contribution in [0.25, 0.3) is 0 Å². The monoisotopic (exact) mass is 358 g/mol. The topological polar surface area (TPSA) is 71.4 Å². The number of benzene rings is 2. The van der Waals surface area contributed by atoms with Gasteiger partial charge in [-0.1, -0.05) is 55.0 Å². The first-order chi connectivity index (χ1) is 11.8. The van der Waals surface area contributed by atoms with Crippen LogP contribution in [-0.4, -0.2) is 23.0 Å². The van der Waals surface area contributed by atoms with Crippen molar-refractivity contribution < 1.29 is 19.3 Å². The lowest BCUT2D eigenvalue weighted by molar-refractivity contribution is 0.0877. The molecule has 0 heterocycles. The van der Waals surface area contributed by atoms with Crippen LogP contribution < -0.4 is 0 Å². The molecule has 0 aliphatic rings. The predicted octanol–water partition coefficient (Wildman–Crippen LogP) is 4.54. The van der Waals surface area contributed by atoms with E-state index in [0.29, 0.717) is 11.1 Å². The number of carbonyl (C=O) groups excluding carboxylic acids is 2. The Balaban J connectivity index is 0.000000251. The third kappa shape index (κ3) is 6.00. The highest BCUT2D eigenvalue weighted by molar-refractivity contribution is 7.47. The fourth-order valence-corrected chi connectivity index (χ4v) is 2.98. The average molecular weight is 358 g/mol. The van der Waals surface area contributed by atoms with Gasteiger partial charge in [0.1, 0.15) is 0 Å². The van der Waals surface area contributed by atoms with Gasteiger partial charge in [-0.25, -0.2) is 0 Å². The molecule has 132 valence electrons. The second kappa shape index (κ2) is 9.97. The summed E-state index contributed by atoms with van der Waals surface area (Å²) in [7, 11) is -0.434. The SMILES string of the molecule is CC(CO)C(=O)c1ccccc1.Cc1cc(C)c(C(=O)P=O)c(C)c1. The Morgan fingerprint density at radius 2 is 1.56 bits per heavy atom. The number of Topliss-reactive ketones (excluding diaryl/α,β-unsaturated/α-hetero) is 1. The molecule has 0 saturated carbocycles. The van der Waals surface area contributed by atoms with Gasteiger partial charge in [-0.2, -0.15) is 0 Å². The summed E-state index contributed by atoms with van der Waals surface area (Å²) in [5.74, 6) is -0.300. The standard InChI is InChI=1S/C10H11O2P.C10H12O2/c1-6-4-7(2)9(8(3)5-6)10(11)13-12;1-8(7-11)10(12)9-5-3-2-4-6-9/h4-5H,1-3H3;2-6,8,11H,7H2,1H3. The zero-order valence-corrected chi connectivity index (χ0v) is 15.8. The molecule has 4 nitrogen and oxygen atoms in total. The van der Waals surface area contributed by atoms with Gasteiger partial charge in [0, 0.05) is 17.0 Å². The molecule has 0 saturated heterocycles. The molecule has 5 heteroatoms. The maximum atomic E-state index is 11.4. The number of aliphatic hydroxyl groups excluding tert-OH is 1. The van der Waals surface area contributed by atoms with Gasteiger partial charge in [0.05, 0.1) is 6.61 Å². The second-order valence-corrected chi connectivity index (χ2v) is 6.57. The molecule has 0 aromatic heterocycles. The van der Waals surface area contributed by atoms with Gasteiger partial charge < -0.3 is 5.11 Å². The molecule has 1 atom stereocenters. The van der Waals surface area contributed by atoms with Gasteiger partial charge in [-0.05, 0) is 31.9 Å². The first-order valence-electron chi connectivity index (χ1n) is 7.97. The third-order valence-corrected chi connectivity index (χ3v) is 4.14. The highest BCUT2D eigenvalue weighted by Crippen LogP contribution is 2.20. The van der Waals surface area contributed by atoms with Gasteiger partial charge in [-0.15, -0.1) is 0 Å². The molecule has 2 rings (SSSR count). The maximum Gasteiger partial charge on any atom is 0.253 e. The summed E-state index contributed by atoms with van der Waals surface area (Å²) < 4.78 is 10.4. The average Bonchev–Trinajstić information content (AvgIpc) is 2.60. The van der Waals surface area contributed by atoms with Crippen LogP contribution in [0, 0.1) is 26.7 Å². The molecule has 0 radical (unpaired) electrons. The Bertz CT molecular complexity index is 731. The van der Waals surface area contributed by atoms with Crippen LogP contribution in [0.15, 0.2) is 42.5 Å². The van der Waals surface area contributed by atoms with Crippen LogP contribution in [-0.2, 0) is 4.57 Å². The van der Waals surface area contributed by atoms with E-state index in [4.69, 9.17) is 5.11 Å². The Labute approximate surface area is 150 Å². The zero-order chi connectivity index (χ0) is 19.0. The van der Waals surface area contributed by atoms with E-state index in [2.05, 4.69) is 0 Å². The van der Waals surface area contributed by atoms with E-state index < -0.39 is 8.46 Å². The molecule has 1 N–H and O–H groups in total. The van der Waals surface area contributed by atoms with Crippen molar-refractivity contribution in [2.75, 3.05) is 6.61 Å². The molecular weight excluding hydrogens is 335 g/mol. The molecule has 2 aromatic carbocycles. The van der Waals surface area contributed by atoms with E-state index in [1.165, 1.54) is 0 Å². The largest absolute Gasteiger partial charge is 0.396 e. The number of carbonyl (C=O) groups is 2. The van der Waals surface area contributed by atoms with Crippen molar-refractivity contribution in [2.45, 2.75) is 27.7 Å². The molecule has 0 bridgehead atoms. The van der Waals surface area contributed by atoms with E-state index in [9.17, 15) is 14.2 Å². The minimum atomic E-state index is -0.434. The number of aliphatic hydroxyl groups is 1. The van der Waals surface area contributed by atoms with Gasteiger partial charge in [0.15, 0.2) is 5.78 Å². The summed E-state index contributed by atoms with van der Waals surface area (Å²) in [4.78, 5) is 22.7. The lowest BCUT2D eigenvalue weighted by Gasteiger charge is -2.06. The summed E-state index contributed by atoms with van der Waals surface area (Å²) in [6, 6.07) is 12.9. The van der Waals surface area contributed by atoms with Crippen molar-refractivity contribution in [3.8, 4) is 0 Å². The quantitative estimate of drug-likeness (QED) is 0.629. The Kier molecular flexibility index (Phi) is 8.33. The fraction of sp³-hybridized carbons (Fsp3) is 0.300. The van der Waals surface area contributed by atoms with Crippen molar-refractivity contribution in [2.24, 2.45) is 5.92 Å². The van der Waals surface area contributed by atoms with E-state index in [1.807, 2.05) is 51.1 Å². The van der Waals surface area contributed by atoms with Crippen molar-refractivity contribution in [1.29, 1.82) is 0 Å². The molecule has 25 heavy (non-hydrogen) atoms. The molecular formula is C20H23O4P. The van der Waals surface area contributed by atoms with Gasteiger partial charge in [-0.3, -0.25) is 14.2 Å². The molecule has 0 spiro atoms. The van der Waals surface area contributed by atoms with Gasteiger partial charge in [0.25, 0.3) is 5.52 Å². The molecule has 0 amide bonds. The fourth-order valence-electron chi connectivity index (χ4n) is 2.53. The molecule has 2 aromatic rings. The summed E-state index contributed by atoms with van der Waals surface area (Å²) in [6.07, 6.45) is 0. The summed E-state index contributed by atoms with van der Waals surface area (Å²) in [6.45, 7) is 7.32. The molecule has 0 aliphatic carbocycles. The lowest BCUT2D eigenvalue weighted by atomic mass is 10.0. The highest BCUT2D eigenvalue weighted by atomic mass is 31.1. The first-order valence-corrected chi connectivity index (χ1v) is 8.78. The Morgan fingerprint density at radius 3 is 2.00 bits per heavy atom. The van der Waals surface area contributed by atoms with E-state index >= 15 is 0 Å². The number of aryl methyl sites for hydroxylation is 3. The smallest absolute Gasteiger partial charge is 0.253 e. The minimum absolute atomic E-state index is 0.00176. The van der Waals surface area contributed by atoms with Crippen LogP contribution in [0.5, 0.6) is 0 Å². The number of rotatable bonds is 5. The van der Waals surface area contributed by atoms with Crippen LogP contribution in [0.2, 0.25) is 0 Å². The summed E-state index contributed by atoms with van der Waals surface area (Å²) in [5, 5.41) is 8.75. The van der Waals surface area contributed by atoms with Crippen molar-refractivity contribution in [3.05, 3.63) is 70.3 Å². The first kappa shape index (κ1) is 20.9. The maximum absolute atomic E-state index is 11.4. The van der Waals surface area contributed by atoms with Crippen molar-refractivity contribution >= 4 is 19.8 Å². The summed E-state index contributed by atoms with van der Waals surface area (Å²) >= 11 is 0. The molecule has 1 unspecified atom stereocenters. The third-order valence-electron chi connectivity index (χ3n) is 3.75. The summed E-state index contributed by atoms with van der Waals surface area (Å²) in [5.41, 5.74) is 3.82. The highest BCUT2D eigenvalue weighted by Gasteiger charge is 2.13. The van der Waals surface area contributed by atoms with Crippen LogP contribution in [0.4, 0.5) is 0 Å². The van der Waals surface area contributed by atoms with Crippen molar-refractivity contribution in [3.63, 3.8) is 0 Å². The Hall–Kier alpha value is -2.16. The normalized spacial score (nSPS) is 11.4. The van der Waals surface area contributed by atoms with Crippen LogP contribution in [0.1, 0.15) is 44.3 Å². The van der Waals surface area contributed by atoms with Crippen LogP contribution >= 0.6 is 8.46 Å². The molecule has 0 aliphatic heterocycles. The van der Waals surface area contributed by atoms with Crippen LogP contribution in [0.3, 0.4) is 0 Å². The van der Waals surface area contributed by atoms with Gasteiger partial charge in [0.2, 0.25) is 8.46 Å². The second-order valence-electron chi connectivity index (χ2n) is 5.98. The zero-order valence-electron chi connectivity index (χ0n) is 14.9.